The molecule has 1 N–H and O–H groups in total. The standard InChI is InChI=1S/C18H22ClNO4/c1-10(2)16(21)13(17(22)11(3)4)9-20-14-8-6-7-12(15(14)19)18(23)24-5/h6-11,21H,1-5H3. The van der Waals surface area contributed by atoms with E-state index in [1.165, 1.54) is 19.4 Å². The van der Waals surface area contributed by atoms with Crippen molar-refractivity contribution in [1.82, 2.24) is 0 Å². The Morgan fingerprint density at radius 2 is 1.83 bits per heavy atom. The van der Waals surface area contributed by atoms with E-state index in [2.05, 4.69) is 9.73 Å². The summed E-state index contributed by atoms with van der Waals surface area (Å²) in [5.74, 6) is -1.32. The number of Topliss-reactive ketones (excluding diaryl/α,β-unsaturated/α-hetero) is 1. The summed E-state index contributed by atoms with van der Waals surface area (Å²) in [5, 5.41) is 10.3. The van der Waals surface area contributed by atoms with Crippen molar-refractivity contribution in [3.05, 3.63) is 40.1 Å². The first kappa shape index (κ1) is 19.9. The Labute approximate surface area is 147 Å². The molecule has 0 aliphatic heterocycles. The smallest absolute Gasteiger partial charge is 0.339 e. The van der Waals surface area contributed by atoms with Crippen LogP contribution < -0.4 is 0 Å². The highest BCUT2D eigenvalue weighted by molar-refractivity contribution is 6.36. The lowest BCUT2D eigenvalue weighted by atomic mass is 9.97. The Kier molecular flexibility index (Phi) is 7.17. The molecule has 5 nitrogen and oxygen atoms in total. The normalized spacial score (nSPS) is 12.7. The highest BCUT2D eigenvalue weighted by Gasteiger charge is 2.19. The number of hydrogen-bond donors (Lipinski definition) is 1. The first-order valence-electron chi connectivity index (χ1n) is 7.58. The second kappa shape index (κ2) is 8.64. The molecule has 0 fully saturated rings. The predicted molar refractivity (Wildman–Crippen MR) is 95.3 cm³/mol. The van der Waals surface area contributed by atoms with Gasteiger partial charge < -0.3 is 9.84 Å². The van der Waals surface area contributed by atoms with E-state index >= 15 is 0 Å². The number of halogens is 1. The lowest BCUT2D eigenvalue weighted by Crippen LogP contribution is -2.15. The van der Waals surface area contributed by atoms with Gasteiger partial charge in [0.1, 0.15) is 5.76 Å². The highest BCUT2D eigenvalue weighted by Crippen LogP contribution is 2.29. The number of benzene rings is 1. The molecule has 0 amide bonds. The molecule has 6 heteroatoms. The summed E-state index contributed by atoms with van der Waals surface area (Å²) < 4.78 is 4.66. The van der Waals surface area contributed by atoms with Gasteiger partial charge in [0.25, 0.3) is 0 Å². The fourth-order valence-corrected chi connectivity index (χ4v) is 2.15. The van der Waals surface area contributed by atoms with Crippen LogP contribution in [0.4, 0.5) is 5.69 Å². The van der Waals surface area contributed by atoms with Crippen molar-refractivity contribution < 1.29 is 19.4 Å². The fourth-order valence-electron chi connectivity index (χ4n) is 1.90. The Morgan fingerprint density at radius 1 is 1.21 bits per heavy atom. The largest absolute Gasteiger partial charge is 0.511 e. The van der Waals surface area contributed by atoms with Crippen LogP contribution in [-0.4, -0.2) is 30.2 Å². The molecular formula is C18H22ClNO4. The molecule has 0 aromatic heterocycles. The highest BCUT2D eigenvalue weighted by atomic mass is 35.5. The number of ether oxygens (including phenoxy) is 1. The summed E-state index contributed by atoms with van der Waals surface area (Å²) in [7, 11) is 1.26. The van der Waals surface area contributed by atoms with E-state index in [0.717, 1.165) is 0 Å². The van der Waals surface area contributed by atoms with Gasteiger partial charge in [-0.3, -0.25) is 9.79 Å². The monoisotopic (exact) mass is 351 g/mol. The molecule has 0 radical (unpaired) electrons. The van der Waals surface area contributed by atoms with Gasteiger partial charge in [-0.25, -0.2) is 4.79 Å². The van der Waals surface area contributed by atoms with Crippen LogP contribution >= 0.6 is 11.6 Å². The third-order valence-corrected chi connectivity index (χ3v) is 3.73. The van der Waals surface area contributed by atoms with Gasteiger partial charge >= 0.3 is 5.97 Å². The zero-order valence-electron chi connectivity index (χ0n) is 14.5. The number of esters is 1. The van der Waals surface area contributed by atoms with Crippen LogP contribution in [0, 0.1) is 11.8 Å². The quantitative estimate of drug-likeness (QED) is 0.354. The van der Waals surface area contributed by atoms with Gasteiger partial charge in [0.05, 0.1) is 29.0 Å². The van der Waals surface area contributed by atoms with Crippen molar-refractivity contribution in [3.8, 4) is 0 Å². The van der Waals surface area contributed by atoms with Crippen molar-refractivity contribution >= 4 is 35.3 Å². The third-order valence-electron chi connectivity index (χ3n) is 3.33. The van der Waals surface area contributed by atoms with Crippen LogP contribution in [0.3, 0.4) is 0 Å². The van der Waals surface area contributed by atoms with E-state index in [4.69, 9.17) is 11.6 Å². The maximum absolute atomic E-state index is 12.3. The van der Waals surface area contributed by atoms with Crippen LogP contribution in [0.5, 0.6) is 0 Å². The van der Waals surface area contributed by atoms with E-state index in [-0.39, 0.29) is 39.5 Å². The van der Waals surface area contributed by atoms with Crippen LogP contribution in [0.15, 0.2) is 34.5 Å². The molecule has 0 heterocycles. The summed E-state index contributed by atoms with van der Waals surface area (Å²) in [5.41, 5.74) is 0.632. The van der Waals surface area contributed by atoms with Gasteiger partial charge in [-0.1, -0.05) is 45.4 Å². The van der Waals surface area contributed by atoms with Gasteiger partial charge in [0.15, 0.2) is 5.78 Å². The number of aliphatic hydroxyl groups is 1. The number of ketones is 1. The SMILES string of the molecule is COC(=O)c1cccc(N=CC(C(=O)C(C)C)=C(O)C(C)C)c1Cl. The molecule has 0 unspecified atom stereocenters. The fraction of sp³-hybridized carbons (Fsp3) is 0.389. The van der Waals surface area contributed by atoms with Gasteiger partial charge in [0.2, 0.25) is 0 Å². The third kappa shape index (κ3) is 4.68. The summed E-state index contributed by atoms with van der Waals surface area (Å²) in [6, 6.07) is 4.74. The molecule has 0 atom stereocenters. The molecule has 1 aromatic carbocycles. The summed E-state index contributed by atoms with van der Waals surface area (Å²) >= 11 is 6.17. The number of carbonyl (C=O) groups is 2. The van der Waals surface area contributed by atoms with Gasteiger partial charge in [-0.05, 0) is 12.1 Å². The molecule has 0 saturated carbocycles. The van der Waals surface area contributed by atoms with Gasteiger partial charge in [0, 0.05) is 18.1 Å². The molecule has 0 spiro atoms. The van der Waals surface area contributed by atoms with Crippen molar-refractivity contribution in [2.75, 3.05) is 7.11 Å². The molecular weight excluding hydrogens is 330 g/mol. The minimum atomic E-state index is -0.573. The van der Waals surface area contributed by atoms with E-state index in [9.17, 15) is 14.7 Å². The van der Waals surface area contributed by atoms with E-state index < -0.39 is 5.97 Å². The van der Waals surface area contributed by atoms with Crippen molar-refractivity contribution in [1.29, 1.82) is 0 Å². The number of allylic oxidation sites excluding steroid dienone is 2. The van der Waals surface area contributed by atoms with Crippen molar-refractivity contribution in [2.24, 2.45) is 16.8 Å². The zero-order chi connectivity index (χ0) is 18.4. The molecule has 0 aliphatic rings. The van der Waals surface area contributed by atoms with Crippen LogP contribution in [0.25, 0.3) is 0 Å². The summed E-state index contributed by atoms with van der Waals surface area (Å²) in [6.45, 7) is 7.05. The van der Waals surface area contributed by atoms with Crippen molar-refractivity contribution in [2.45, 2.75) is 27.7 Å². The topological polar surface area (TPSA) is 76.0 Å². The molecule has 1 rings (SSSR count). The number of aliphatic imine (C=N–C) groups is 1. The number of hydrogen-bond acceptors (Lipinski definition) is 5. The first-order chi connectivity index (χ1) is 11.2. The first-order valence-corrected chi connectivity index (χ1v) is 7.96. The van der Waals surface area contributed by atoms with Crippen molar-refractivity contribution in [3.63, 3.8) is 0 Å². The van der Waals surface area contributed by atoms with E-state index in [1.54, 1.807) is 39.8 Å². The zero-order valence-corrected chi connectivity index (χ0v) is 15.2. The second-order valence-corrected chi connectivity index (χ2v) is 6.24. The van der Waals surface area contributed by atoms with E-state index in [1.807, 2.05) is 0 Å². The summed E-state index contributed by atoms with van der Waals surface area (Å²) in [6.07, 6.45) is 1.29. The number of rotatable bonds is 6. The maximum Gasteiger partial charge on any atom is 0.339 e. The summed E-state index contributed by atoms with van der Waals surface area (Å²) in [4.78, 5) is 28.1. The number of carbonyl (C=O) groups excluding carboxylic acids is 2. The lowest BCUT2D eigenvalue weighted by Gasteiger charge is -2.11. The molecule has 130 valence electrons. The Hall–Kier alpha value is -2.14. The van der Waals surface area contributed by atoms with Crippen LogP contribution in [0.2, 0.25) is 5.02 Å². The Morgan fingerprint density at radius 3 is 2.33 bits per heavy atom. The average molecular weight is 352 g/mol. The molecule has 0 saturated heterocycles. The molecule has 0 aliphatic carbocycles. The number of nitrogens with zero attached hydrogens (tertiary/aromatic N) is 1. The number of methoxy groups -OCH3 is 1. The van der Waals surface area contributed by atoms with E-state index in [0.29, 0.717) is 5.69 Å². The molecule has 0 bridgehead atoms. The Balaban J connectivity index is 3.33. The van der Waals surface area contributed by atoms with Crippen LogP contribution in [0.1, 0.15) is 38.1 Å². The minimum absolute atomic E-state index is 0.0299. The Bertz CT molecular complexity index is 690. The maximum atomic E-state index is 12.3. The lowest BCUT2D eigenvalue weighted by molar-refractivity contribution is -0.117. The van der Waals surface area contributed by atoms with Gasteiger partial charge in [-0.15, -0.1) is 0 Å². The predicted octanol–water partition coefficient (Wildman–Crippen LogP) is 4.52. The van der Waals surface area contributed by atoms with Gasteiger partial charge in [-0.2, -0.15) is 0 Å². The minimum Gasteiger partial charge on any atom is -0.511 e. The molecule has 1 aromatic rings. The average Bonchev–Trinajstić information content (AvgIpc) is 2.54. The van der Waals surface area contributed by atoms with Crippen LogP contribution in [-0.2, 0) is 9.53 Å². The second-order valence-electron chi connectivity index (χ2n) is 5.86. The molecule has 24 heavy (non-hydrogen) atoms. The number of aliphatic hydroxyl groups excluding tert-OH is 1.